The van der Waals surface area contributed by atoms with Gasteiger partial charge in [-0.3, -0.25) is 0 Å². The van der Waals surface area contributed by atoms with Crippen molar-refractivity contribution in [2.24, 2.45) is 0 Å². The van der Waals surface area contributed by atoms with Crippen LogP contribution in [0.1, 0.15) is 18.1 Å². The molecular formula is C12H20N2O3. The van der Waals surface area contributed by atoms with Gasteiger partial charge in [-0.1, -0.05) is 6.07 Å². The van der Waals surface area contributed by atoms with Gasteiger partial charge in [0.25, 0.3) is 0 Å². The number of anilines is 1. The van der Waals surface area contributed by atoms with Crippen molar-refractivity contribution < 1.29 is 14.9 Å². The van der Waals surface area contributed by atoms with E-state index in [1.165, 1.54) is 7.11 Å². The molecule has 0 bridgehead atoms. The number of benzene rings is 1. The van der Waals surface area contributed by atoms with Crippen LogP contribution in [0.5, 0.6) is 5.75 Å². The standard InChI is InChI=1S/C12H20N2O3/c1-14-6-5-10(15)12(16)8-3-4-11(17-2)9(13)7-8/h3-4,7,10,12,14-16H,5-6,13H2,1-2H3. The van der Waals surface area contributed by atoms with Crippen LogP contribution < -0.4 is 15.8 Å². The average molecular weight is 240 g/mol. The van der Waals surface area contributed by atoms with E-state index in [1.54, 1.807) is 25.2 Å². The summed E-state index contributed by atoms with van der Waals surface area (Å²) in [6, 6.07) is 4.99. The Hall–Kier alpha value is -1.30. The van der Waals surface area contributed by atoms with Crippen LogP contribution >= 0.6 is 0 Å². The van der Waals surface area contributed by atoms with Crippen LogP contribution in [-0.2, 0) is 0 Å². The van der Waals surface area contributed by atoms with E-state index in [9.17, 15) is 10.2 Å². The Kier molecular flexibility index (Phi) is 5.21. The van der Waals surface area contributed by atoms with E-state index in [2.05, 4.69) is 5.32 Å². The number of ether oxygens (including phenoxy) is 1. The van der Waals surface area contributed by atoms with E-state index < -0.39 is 12.2 Å². The van der Waals surface area contributed by atoms with Crippen LogP contribution in [0.15, 0.2) is 18.2 Å². The fraction of sp³-hybridized carbons (Fsp3) is 0.500. The quantitative estimate of drug-likeness (QED) is 0.536. The monoisotopic (exact) mass is 240 g/mol. The smallest absolute Gasteiger partial charge is 0.141 e. The van der Waals surface area contributed by atoms with Gasteiger partial charge in [-0.05, 0) is 37.7 Å². The Morgan fingerprint density at radius 1 is 1.41 bits per heavy atom. The largest absolute Gasteiger partial charge is 0.495 e. The zero-order valence-electron chi connectivity index (χ0n) is 10.2. The third kappa shape index (κ3) is 3.59. The number of nitrogen functional groups attached to an aromatic ring is 1. The zero-order chi connectivity index (χ0) is 12.8. The minimum Gasteiger partial charge on any atom is -0.495 e. The molecule has 2 unspecified atom stereocenters. The lowest BCUT2D eigenvalue weighted by atomic mass is 10.0. The van der Waals surface area contributed by atoms with Crippen LogP contribution in [-0.4, -0.2) is 37.0 Å². The molecule has 0 amide bonds. The summed E-state index contributed by atoms with van der Waals surface area (Å²) in [4.78, 5) is 0. The van der Waals surface area contributed by atoms with E-state index in [0.717, 1.165) is 0 Å². The molecule has 0 saturated carbocycles. The summed E-state index contributed by atoms with van der Waals surface area (Å²) >= 11 is 0. The number of nitrogens with one attached hydrogen (secondary N) is 1. The fourth-order valence-electron chi connectivity index (χ4n) is 1.61. The summed E-state index contributed by atoms with van der Waals surface area (Å²) in [6.45, 7) is 0.643. The van der Waals surface area contributed by atoms with Gasteiger partial charge in [0.05, 0.1) is 18.9 Å². The predicted molar refractivity (Wildman–Crippen MR) is 66.9 cm³/mol. The number of nitrogens with two attached hydrogens (primary N) is 1. The number of hydrogen-bond donors (Lipinski definition) is 4. The molecule has 0 fully saturated rings. The maximum atomic E-state index is 9.93. The Morgan fingerprint density at radius 3 is 2.65 bits per heavy atom. The second kappa shape index (κ2) is 6.44. The topological polar surface area (TPSA) is 87.7 Å². The molecule has 1 aromatic rings. The molecular weight excluding hydrogens is 220 g/mol. The summed E-state index contributed by atoms with van der Waals surface area (Å²) < 4.78 is 5.03. The van der Waals surface area contributed by atoms with Crippen molar-refractivity contribution in [3.8, 4) is 5.75 Å². The van der Waals surface area contributed by atoms with E-state index in [1.807, 2.05) is 0 Å². The van der Waals surface area contributed by atoms with Crippen molar-refractivity contribution in [1.29, 1.82) is 0 Å². The molecule has 1 aromatic carbocycles. The molecule has 0 saturated heterocycles. The molecule has 0 aliphatic carbocycles. The van der Waals surface area contributed by atoms with Crippen molar-refractivity contribution >= 4 is 5.69 Å². The molecule has 0 aliphatic rings. The first-order valence-corrected chi connectivity index (χ1v) is 5.54. The molecule has 5 heteroatoms. The summed E-state index contributed by atoms with van der Waals surface area (Å²) in [5, 5.41) is 22.6. The zero-order valence-corrected chi connectivity index (χ0v) is 10.2. The van der Waals surface area contributed by atoms with Crippen molar-refractivity contribution in [2.75, 3.05) is 26.4 Å². The highest BCUT2D eigenvalue weighted by Crippen LogP contribution is 2.27. The Bertz CT molecular complexity index is 358. The molecule has 0 spiro atoms. The van der Waals surface area contributed by atoms with E-state index in [4.69, 9.17) is 10.5 Å². The minimum absolute atomic E-state index is 0.449. The molecule has 0 radical (unpaired) electrons. The highest BCUT2D eigenvalue weighted by molar-refractivity contribution is 5.54. The van der Waals surface area contributed by atoms with E-state index >= 15 is 0 Å². The first-order valence-electron chi connectivity index (χ1n) is 5.54. The SMILES string of the molecule is CNCCC(O)C(O)c1ccc(OC)c(N)c1. The number of rotatable bonds is 6. The molecule has 5 N–H and O–H groups in total. The van der Waals surface area contributed by atoms with Crippen molar-refractivity contribution in [1.82, 2.24) is 5.32 Å². The summed E-state index contributed by atoms with van der Waals surface area (Å²) in [5.74, 6) is 0.561. The van der Waals surface area contributed by atoms with Crippen molar-refractivity contribution in [3.63, 3.8) is 0 Å². The van der Waals surface area contributed by atoms with Crippen LogP contribution in [0.25, 0.3) is 0 Å². The Balaban J connectivity index is 2.74. The molecule has 2 atom stereocenters. The summed E-state index contributed by atoms with van der Waals surface area (Å²) in [6.07, 6.45) is -1.27. The Morgan fingerprint density at radius 2 is 2.12 bits per heavy atom. The predicted octanol–water partition coefficient (Wildman–Crippen LogP) is 0.281. The van der Waals surface area contributed by atoms with Gasteiger partial charge >= 0.3 is 0 Å². The second-order valence-electron chi connectivity index (χ2n) is 3.91. The van der Waals surface area contributed by atoms with E-state index in [0.29, 0.717) is 30.0 Å². The van der Waals surface area contributed by atoms with Crippen LogP contribution in [0.2, 0.25) is 0 Å². The number of methoxy groups -OCH3 is 1. The van der Waals surface area contributed by atoms with Gasteiger partial charge in [-0.25, -0.2) is 0 Å². The maximum Gasteiger partial charge on any atom is 0.141 e. The normalized spacial score (nSPS) is 14.4. The fourth-order valence-corrected chi connectivity index (χ4v) is 1.61. The number of hydrogen-bond acceptors (Lipinski definition) is 5. The van der Waals surface area contributed by atoms with Crippen LogP contribution in [0, 0.1) is 0 Å². The second-order valence-corrected chi connectivity index (χ2v) is 3.91. The minimum atomic E-state index is -0.934. The van der Waals surface area contributed by atoms with Gasteiger partial charge < -0.3 is 26.0 Å². The van der Waals surface area contributed by atoms with Gasteiger partial charge in [0, 0.05) is 0 Å². The van der Waals surface area contributed by atoms with Gasteiger partial charge in [0.2, 0.25) is 0 Å². The van der Waals surface area contributed by atoms with E-state index in [-0.39, 0.29) is 0 Å². The third-order valence-corrected chi connectivity index (χ3v) is 2.65. The Labute approximate surface area is 101 Å². The van der Waals surface area contributed by atoms with Gasteiger partial charge in [-0.2, -0.15) is 0 Å². The molecule has 17 heavy (non-hydrogen) atoms. The maximum absolute atomic E-state index is 9.93. The van der Waals surface area contributed by atoms with Crippen LogP contribution in [0.4, 0.5) is 5.69 Å². The lowest BCUT2D eigenvalue weighted by Crippen LogP contribution is -2.23. The molecule has 96 valence electrons. The number of aliphatic hydroxyl groups is 2. The summed E-state index contributed by atoms with van der Waals surface area (Å²) in [5.41, 5.74) is 6.78. The summed E-state index contributed by atoms with van der Waals surface area (Å²) in [7, 11) is 3.33. The van der Waals surface area contributed by atoms with Crippen molar-refractivity contribution in [3.05, 3.63) is 23.8 Å². The van der Waals surface area contributed by atoms with Gasteiger partial charge in [0.1, 0.15) is 11.9 Å². The molecule has 5 nitrogen and oxygen atoms in total. The lowest BCUT2D eigenvalue weighted by Gasteiger charge is -2.19. The third-order valence-electron chi connectivity index (χ3n) is 2.65. The van der Waals surface area contributed by atoms with Crippen molar-refractivity contribution in [2.45, 2.75) is 18.6 Å². The highest BCUT2D eigenvalue weighted by Gasteiger charge is 2.18. The van der Waals surface area contributed by atoms with Crippen LogP contribution in [0.3, 0.4) is 0 Å². The molecule has 1 rings (SSSR count). The van der Waals surface area contributed by atoms with Gasteiger partial charge in [0.15, 0.2) is 0 Å². The molecule has 0 heterocycles. The molecule has 0 aliphatic heterocycles. The first-order chi connectivity index (χ1) is 8.10. The highest BCUT2D eigenvalue weighted by atomic mass is 16.5. The van der Waals surface area contributed by atoms with Gasteiger partial charge in [-0.15, -0.1) is 0 Å². The average Bonchev–Trinajstić information content (AvgIpc) is 2.34. The lowest BCUT2D eigenvalue weighted by molar-refractivity contribution is 0.0140. The number of aliphatic hydroxyl groups excluding tert-OH is 2. The molecule has 0 aromatic heterocycles. The first kappa shape index (κ1) is 13.8.